The maximum absolute atomic E-state index is 5.76. The van der Waals surface area contributed by atoms with Crippen molar-refractivity contribution >= 4 is 28.0 Å². The predicted octanol–water partition coefficient (Wildman–Crippen LogP) is 6.21. The van der Waals surface area contributed by atoms with Gasteiger partial charge in [0.15, 0.2) is 0 Å². The summed E-state index contributed by atoms with van der Waals surface area (Å²) in [6, 6.07) is 27.0. The highest BCUT2D eigenvalue weighted by Crippen LogP contribution is 2.39. The van der Waals surface area contributed by atoms with Crippen LogP contribution in [0.25, 0.3) is 11.0 Å². The van der Waals surface area contributed by atoms with E-state index in [2.05, 4.69) is 66.4 Å². The van der Waals surface area contributed by atoms with Crippen molar-refractivity contribution in [3.05, 3.63) is 90.7 Å². The van der Waals surface area contributed by atoms with Gasteiger partial charge in [0.25, 0.3) is 0 Å². The van der Waals surface area contributed by atoms with Crippen molar-refractivity contribution in [2.24, 2.45) is 0 Å². The summed E-state index contributed by atoms with van der Waals surface area (Å²) in [5.74, 6) is 0. The Kier molecular flexibility index (Phi) is 3.35. The average Bonchev–Trinajstić information content (AvgIpc) is 3.00. The number of furan rings is 1. The summed E-state index contributed by atoms with van der Waals surface area (Å²) in [4.78, 5) is 2.23. The van der Waals surface area contributed by atoms with Crippen molar-refractivity contribution in [3.63, 3.8) is 0 Å². The molecule has 3 aromatic carbocycles. The second kappa shape index (κ2) is 5.65. The quantitative estimate of drug-likeness (QED) is 0.447. The molecule has 0 amide bonds. The molecule has 0 radical (unpaired) electrons. The third-order valence-electron chi connectivity index (χ3n) is 3.98. The second-order valence-electron chi connectivity index (χ2n) is 5.63. The Morgan fingerprint density at radius 2 is 1.48 bits per heavy atom. The minimum Gasteiger partial charge on any atom is -0.462 e. The molecular weight excluding hydrogens is 282 g/mol. The number of benzene rings is 3. The van der Waals surface area contributed by atoms with E-state index in [-0.39, 0.29) is 0 Å². The number of fused-ring (bicyclic) bond motifs is 1. The molecule has 0 aliphatic carbocycles. The summed E-state index contributed by atoms with van der Waals surface area (Å²) in [5, 5.41) is 1.11. The zero-order valence-corrected chi connectivity index (χ0v) is 12.9. The summed E-state index contributed by atoms with van der Waals surface area (Å²) >= 11 is 0. The fourth-order valence-corrected chi connectivity index (χ4v) is 2.91. The monoisotopic (exact) mass is 299 g/mol. The normalized spacial score (nSPS) is 10.8. The predicted molar refractivity (Wildman–Crippen MR) is 95.6 cm³/mol. The molecule has 4 aromatic rings. The Bertz CT molecular complexity index is 940. The van der Waals surface area contributed by atoms with Gasteiger partial charge in [-0.1, -0.05) is 42.5 Å². The van der Waals surface area contributed by atoms with Crippen LogP contribution in [0.2, 0.25) is 0 Å². The van der Waals surface area contributed by atoms with Crippen LogP contribution in [-0.4, -0.2) is 0 Å². The Morgan fingerprint density at radius 3 is 2.30 bits per heavy atom. The van der Waals surface area contributed by atoms with Gasteiger partial charge in [-0.15, -0.1) is 0 Å². The van der Waals surface area contributed by atoms with Gasteiger partial charge in [0.1, 0.15) is 11.8 Å². The van der Waals surface area contributed by atoms with Crippen molar-refractivity contribution in [1.82, 2.24) is 0 Å². The summed E-state index contributed by atoms with van der Waals surface area (Å²) in [6.45, 7) is 2.11. The first-order valence-electron chi connectivity index (χ1n) is 7.71. The molecule has 0 aliphatic heterocycles. The van der Waals surface area contributed by atoms with Crippen LogP contribution in [0.3, 0.4) is 0 Å². The van der Waals surface area contributed by atoms with E-state index in [9.17, 15) is 0 Å². The first-order valence-corrected chi connectivity index (χ1v) is 7.71. The van der Waals surface area contributed by atoms with E-state index in [1.54, 1.807) is 0 Å². The van der Waals surface area contributed by atoms with Crippen LogP contribution < -0.4 is 4.90 Å². The third kappa shape index (κ3) is 2.49. The minimum absolute atomic E-state index is 0.899. The molecule has 0 N–H and O–H groups in total. The number of hydrogen-bond donors (Lipinski definition) is 0. The molecule has 0 atom stereocenters. The van der Waals surface area contributed by atoms with E-state index in [1.807, 2.05) is 30.5 Å². The van der Waals surface area contributed by atoms with E-state index in [4.69, 9.17) is 4.42 Å². The van der Waals surface area contributed by atoms with Crippen LogP contribution in [0.4, 0.5) is 17.1 Å². The topological polar surface area (TPSA) is 16.4 Å². The van der Waals surface area contributed by atoms with Gasteiger partial charge in [-0.3, -0.25) is 0 Å². The molecular formula is C21H17NO. The van der Waals surface area contributed by atoms with Gasteiger partial charge in [0, 0.05) is 16.8 Å². The first kappa shape index (κ1) is 13.6. The molecule has 0 fully saturated rings. The maximum Gasteiger partial charge on any atom is 0.136 e. The molecule has 0 spiro atoms. The molecule has 0 saturated carbocycles. The van der Waals surface area contributed by atoms with E-state index in [0.717, 1.165) is 28.0 Å². The van der Waals surface area contributed by atoms with E-state index in [1.165, 1.54) is 5.56 Å². The van der Waals surface area contributed by atoms with Gasteiger partial charge in [-0.25, -0.2) is 0 Å². The van der Waals surface area contributed by atoms with Crippen molar-refractivity contribution in [2.75, 3.05) is 4.90 Å². The average molecular weight is 299 g/mol. The first-order chi connectivity index (χ1) is 11.3. The highest BCUT2D eigenvalue weighted by Gasteiger charge is 2.17. The highest BCUT2D eigenvalue weighted by atomic mass is 16.3. The Balaban J connectivity index is 1.96. The largest absolute Gasteiger partial charge is 0.462 e. The van der Waals surface area contributed by atoms with Crippen LogP contribution in [0.15, 0.2) is 89.5 Å². The van der Waals surface area contributed by atoms with Crippen molar-refractivity contribution in [1.29, 1.82) is 0 Å². The molecule has 0 saturated heterocycles. The van der Waals surface area contributed by atoms with Crippen LogP contribution in [0.1, 0.15) is 5.56 Å². The van der Waals surface area contributed by atoms with Crippen LogP contribution in [-0.2, 0) is 0 Å². The number of hydrogen-bond acceptors (Lipinski definition) is 2. The summed E-state index contributed by atoms with van der Waals surface area (Å²) in [5.41, 5.74) is 5.43. The molecule has 0 unspecified atom stereocenters. The highest BCUT2D eigenvalue weighted by molar-refractivity contribution is 5.96. The molecule has 2 heteroatoms. The lowest BCUT2D eigenvalue weighted by Crippen LogP contribution is -2.09. The van der Waals surface area contributed by atoms with E-state index >= 15 is 0 Å². The van der Waals surface area contributed by atoms with Crippen molar-refractivity contribution < 1.29 is 4.42 Å². The third-order valence-corrected chi connectivity index (χ3v) is 3.98. The van der Waals surface area contributed by atoms with Gasteiger partial charge in [-0.2, -0.15) is 0 Å². The number of aryl methyl sites for hydroxylation is 1. The summed E-state index contributed by atoms with van der Waals surface area (Å²) < 4.78 is 5.76. The van der Waals surface area contributed by atoms with E-state index < -0.39 is 0 Å². The molecule has 4 rings (SSSR count). The summed E-state index contributed by atoms with van der Waals surface area (Å²) in [7, 11) is 0. The molecule has 0 aliphatic rings. The number of nitrogens with zero attached hydrogens (tertiary/aromatic N) is 1. The van der Waals surface area contributed by atoms with Crippen LogP contribution in [0.5, 0.6) is 0 Å². The zero-order valence-electron chi connectivity index (χ0n) is 12.9. The van der Waals surface area contributed by atoms with Crippen molar-refractivity contribution in [2.45, 2.75) is 6.92 Å². The van der Waals surface area contributed by atoms with Crippen molar-refractivity contribution in [3.8, 4) is 0 Å². The molecule has 0 bridgehead atoms. The lowest BCUT2D eigenvalue weighted by molar-refractivity contribution is 0.616. The number of anilines is 3. The van der Waals surface area contributed by atoms with Crippen LogP contribution >= 0.6 is 0 Å². The maximum atomic E-state index is 5.76. The fourth-order valence-electron chi connectivity index (χ4n) is 2.91. The fraction of sp³-hybridized carbons (Fsp3) is 0.0476. The zero-order chi connectivity index (χ0) is 15.6. The lowest BCUT2D eigenvalue weighted by Gasteiger charge is -2.24. The summed E-state index contributed by atoms with van der Waals surface area (Å²) in [6.07, 6.45) is 1.83. The Labute approximate surface area is 135 Å². The molecule has 112 valence electrons. The lowest BCUT2D eigenvalue weighted by atomic mass is 10.1. The Hall–Kier alpha value is -3.00. The van der Waals surface area contributed by atoms with E-state index in [0.29, 0.717) is 0 Å². The smallest absolute Gasteiger partial charge is 0.136 e. The van der Waals surface area contributed by atoms with Gasteiger partial charge in [0.05, 0.1) is 5.69 Å². The van der Waals surface area contributed by atoms with Gasteiger partial charge in [-0.05, 0) is 48.9 Å². The number of rotatable bonds is 3. The molecule has 1 heterocycles. The molecule has 23 heavy (non-hydrogen) atoms. The molecule has 2 nitrogen and oxygen atoms in total. The standard InChI is InChI=1S/C21H17NO/c1-16-8-7-11-18(14-16)22(17-9-3-2-4-10-17)20-15-23-21-13-6-5-12-19(20)21/h2-15H,1H3. The second-order valence-corrected chi connectivity index (χ2v) is 5.63. The number of para-hydroxylation sites is 2. The van der Waals surface area contributed by atoms with Gasteiger partial charge in [0.2, 0.25) is 0 Å². The van der Waals surface area contributed by atoms with Gasteiger partial charge < -0.3 is 9.32 Å². The minimum atomic E-state index is 0.899. The molecule has 1 aromatic heterocycles. The van der Waals surface area contributed by atoms with Gasteiger partial charge >= 0.3 is 0 Å². The Morgan fingerprint density at radius 1 is 0.739 bits per heavy atom. The SMILES string of the molecule is Cc1cccc(N(c2ccccc2)c2coc3ccccc23)c1. The van der Waals surface area contributed by atoms with Crippen LogP contribution in [0, 0.1) is 6.92 Å².